The molecule has 1 heterocycles. The van der Waals surface area contributed by atoms with Crippen molar-refractivity contribution in [2.75, 3.05) is 32.3 Å². The first-order valence-corrected chi connectivity index (χ1v) is 13.8. The number of rotatable bonds is 9. The summed E-state index contributed by atoms with van der Waals surface area (Å²) in [6, 6.07) is 13.8. The number of benzene rings is 2. The van der Waals surface area contributed by atoms with Crippen LogP contribution >= 0.6 is 11.8 Å². The number of Topliss-reactive ketones (excluding diaryl/α,β-unsaturated/α-hetero) is 1. The number of hydrogen-bond acceptors (Lipinski definition) is 7. The average Bonchev–Trinajstić information content (AvgIpc) is 2.90. The van der Waals surface area contributed by atoms with Gasteiger partial charge >= 0.3 is 5.97 Å². The molecular formula is C30H35NO5S. The first kappa shape index (κ1) is 26.9. The Morgan fingerprint density at radius 1 is 1.05 bits per heavy atom. The van der Waals surface area contributed by atoms with Gasteiger partial charge in [0.25, 0.3) is 0 Å². The van der Waals surface area contributed by atoms with Gasteiger partial charge in [-0.05, 0) is 60.8 Å². The van der Waals surface area contributed by atoms with Crippen molar-refractivity contribution < 1.29 is 23.8 Å². The molecule has 196 valence electrons. The zero-order valence-electron chi connectivity index (χ0n) is 22.2. The number of thioether (sulfide) groups is 1. The predicted molar refractivity (Wildman–Crippen MR) is 147 cm³/mol. The third kappa shape index (κ3) is 5.57. The molecule has 0 amide bonds. The topological polar surface area (TPSA) is 73.9 Å². The second-order valence-electron chi connectivity index (χ2n) is 9.32. The molecular weight excluding hydrogens is 486 g/mol. The van der Waals surface area contributed by atoms with E-state index in [4.69, 9.17) is 14.2 Å². The lowest BCUT2D eigenvalue weighted by molar-refractivity contribution is -0.138. The highest BCUT2D eigenvalue weighted by molar-refractivity contribution is 7.99. The molecule has 0 radical (unpaired) electrons. The molecule has 2 unspecified atom stereocenters. The van der Waals surface area contributed by atoms with Gasteiger partial charge in [0.1, 0.15) is 6.61 Å². The highest BCUT2D eigenvalue weighted by atomic mass is 32.2. The summed E-state index contributed by atoms with van der Waals surface area (Å²) < 4.78 is 16.6. The van der Waals surface area contributed by atoms with Gasteiger partial charge in [-0.2, -0.15) is 11.8 Å². The van der Waals surface area contributed by atoms with E-state index in [1.807, 2.05) is 56.3 Å². The zero-order valence-corrected chi connectivity index (χ0v) is 23.0. The van der Waals surface area contributed by atoms with Gasteiger partial charge in [-0.25, -0.2) is 4.79 Å². The molecule has 37 heavy (non-hydrogen) atoms. The Hall–Kier alpha value is -3.19. The van der Waals surface area contributed by atoms with Crippen molar-refractivity contribution in [1.29, 1.82) is 0 Å². The molecule has 0 spiro atoms. The van der Waals surface area contributed by atoms with Gasteiger partial charge in [0.15, 0.2) is 17.3 Å². The van der Waals surface area contributed by atoms with Crippen LogP contribution in [0.2, 0.25) is 0 Å². The maximum atomic E-state index is 13.8. The minimum atomic E-state index is -0.456. The van der Waals surface area contributed by atoms with E-state index in [9.17, 15) is 9.59 Å². The third-order valence-electron chi connectivity index (χ3n) is 7.09. The summed E-state index contributed by atoms with van der Waals surface area (Å²) in [5.41, 5.74) is 5.83. The number of esters is 1. The number of ketones is 1. The number of dihydropyridines is 1. The van der Waals surface area contributed by atoms with Crippen molar-refractivity contribution in [3.63, 3.8) is 0 Å². The van der Waals surface area contributed by atoms with E-state index >= 15 is 0 Å². The van der Waals surface area contributed by atoms with Crippen molar-refractivity contribution in [2.45, 2.75) is 45.4 Å². The van der Waals surface area contributed by atoms with Crippen LogP contribution < -0.4 is 14.8 Å². The van der Waals surface area contributed by atoms with Gasteiger partial charge in [-0.3, -0.25) is 4.79 Å². The molecule has 2 aromatic carbocycles. The number of carbonyl (C=O) groups excluding carboxylic acids is 2. The molecule has 2 aromatic rings. The van der Waals surface area contributed by atoms with E-state index < -0.39 is 5.92 Å². The van der Waals surface area contributed by atoms with Crippen LogP contribution in [-0.2, 0) is 14.3 Å². The molecule has 0 saturated carbocycles. The van der Waals surface area contributed by atoms with Crippen LogP contribution in [0.15, 0.2) is 65.0 Å². The third-order valence-corrected chi connectivity index (χ3v) is 7.95. The summed E-state index contributed by atoms with van der Waals surface area (Å²) in [5.74, 6) is 2.23. The molecule has 1 aliphatic heterocycles. The standard InChI is InChI=1S/C30H35NO5S/c1-6-37-14-13-36-30(33)27-19(3)31-23-15-21(20-11-12-25(34-4)26(17-20)35-5)16-24(32)29(23)28(27)22-10-8-7-9-18(22)2/h7-12,17,21,28,31H,6,13-16H2,1-5H3. The molecule has 2 aliphatic rings. The van der Waals surface area contributed by atoms with Crippen molar-refractivity contribution >= 4 is 23.5 Å². The minimum Gasteiger partial charge on any atom is -0.493 e. The maximum absolute atomic E-state index is 13.8. The lowest BCUT2D eigenvalue weighted by Gasteiger charge is -2.37. The Morgan fingerprint density at radius 3 is 2.51 bits per heavy atom. The van der Waals surface area contributed by atoms with Gasteiger partial charge in [0.05, 0.1) is 19.8 Å². The summed E-state index contributed by atoms with van der Waals surface area (Å²) in [6.45, 7) is 6.34. The van der Waals surface area contributed by atoms with Crippen LogP contribution in [0.3, 0.4) is 0 Å². The number of ether oxygens (including phenoxy) is 3. The zero-order chi connectivity index (χ0) is 26.5. The molecule has 2 atom stereocenters. The predicted octanol–water partition coefficient (Wildman–Crippen LogP) is 5.67. The van der Waals surface area contributed by atoms with Crippen molar-refractivity contribution in [3.8, 4) is 11.5 Å². The van der Waals surface area contributed by atoms with Crippen LogP contribution in [0.1, 0.15) is 55.2 Å². The van der Waals surface area contributed by atoms with Crippen molar-refractivity contribution in [1.82, 2.24) is 5.32 Å². The quantitative estimate of drug-likeness (QED) is 0.337. The van der Waals surface area contributed by atoms with Crippen molar-refractivity contribution in [3.05, 3.63) is 81.7 Å². The molecule has 6 nitrogen and oxygen atoms in total. The Balaban J connectivity index is 1.72. The van der Waals surface area contributed by atoms with E-state index in [0.29, 0.717) is 42.1 Å². The highest BCUT2D eigenvalue weighted by Gasteiger charge is 2.42. The molecule has 4 rings (SSSR count). The van der Waals surface area contributed by atoms with E-state index in [0.717, 1.165) is 39.6 Å². The number of methoxy groups -OCH3 is 2. The molecule has 7 heteroatoms. The van der Waals surface area contributed by atoms with Crippen LogP contribution in [-0.4, -0.2) is 44.1 Å². The summed E-state index contributed by atoms with van der Waals surface area (Å²) in [5, 5.41) is 3.43. The lowest BCUT2D eigenvalue weighted by atomic mass is 9.71. The minimum absolute atomic E-state index is 0.0107. The van der Waals surface area contributed by atoms with Crippen LogP contribution in [0.5, 0.6) is 11.5 Å². The SMILES string of the molecule is CCSCCOC(=O)C1=C(C)NC2=C(C(=O)CC(c3ccc(OC)c(OC)c3)C2)C1c1ccccc1C. The fourth-order valence-corrected chi connectivity index (χ4v) is 5.78. The van der Waals surface area contributed by atoms with E-state index in [-0.39, 0.29) is 17.7 Å². The number of aryl methyl sites for hydroxylation is 1. The highest BCUT2D eigenvalue weighted by Crippen LogP contribution is 2.47. The van der Waals surface area contributed by atoms with Crippen LogP contribution in [0.4, 0.5) is 0 Å². The smallest absolute Gasteiger partial charge is 0.336 e. The number of allylic oxidation sites excluding steroid dienone is 3. The monoisotopic (exact) mass is 521 g/mol. The van der Waals surface area contributed by atoms with Gasteiger partial charge in [0.2, 0.25) is 0 Å². The molecule has 1 N–H and O–H groups in total. The average molecular weight is 522 g/mol. The number of hydrogen-bond donors (Lipinski definition) is 1. The maximum Gasteiger partial charge on any atom is 0.336 e. The van der Waals surface area contributed by atoms with E-state index in [1.165, 1.54) is 0 Å². The van der Waals surface area contributed by atoms with E-state index in [1.54, 1.807) is 26.0 Å². The number of carbonyl (C=O) groups is 2. The first-order valence-electron chi connectivity index (χ1n) is 12.7. The Bertz CT molecular complexity index is 1250. The van der Waals surface area contributed by atoms with Gasteiger partial charge in [-0.15, -0.1) is 0 Å². The second kappa shape index (κ2) is 11.9. The van der Waals surface area contributed by atoms with Crippen molar-refractivity contribution in [2.24, 2.45) is 0 Å². The molecule has 0 saturated heterocycles. The normalized spacial score (nSPS) is 19.3. The lowest BCUT2D eigenvalue weighted by Crippen LogP contribution is -2.36. The summed E-state index contributed by atoms with van der Waals surface area (Å²) in [4.78, 5) is 27.2. The van der Waals surface area contributed by atoms with Crippen LogP contribution in [0.25, 0.3) is 0 Å². The van der Waals surface area contributed by atoms with E-state index in [2.05, 4.69) is 12.2 Å². The second-order valence-corrected chi connectivity index (χ2v) is 10.7. The number of nitrogens with one attached hydrogen (secondary N) is 1. The fourth-order valence-electron chi connectivity index (χ4n) is 5.29. The van der Waals surface area contributed by atoms with Gasteiger partial charge in [-0.1, -0.05) is 37.3 Å². The summed E-state index contributed by atoms with van der Waals surface area (Å²) in [7, 11) is 3.22. The Morgan fingerprint density at radius 2 is 1.81 bits per heavy atom. The molecule has 0 bridgehead atoms. The first-order chi connectivity index (χ1) is 17.9. The largest absolute Gasteiger partial charge is 0.493 e. The molecule has 0 aromatic heterocycles. The molecule has 0 fully saturated rings. The summed E-state index contributed by atoms with van der Waals surface area (Å²) in [6.07, 6.45) is 1.01. The van der Waals surface area contributed by atoms with Gasteiger partial charge in [0, 0.05) is 35.1 Å². The summed E-state index contributed by atoms with van der Waals surface area (Å²) >= 11 is 1.73. The molecule has 1 aliphatic carbocycles. The van der Waals surface area contributed by atoms with Crippen LogP contribution in [0, 0.1) is 6.92 Å². The fraction of sp³-hybridized carbons (Fsp3) is 0.400. The Labute approximate surface area is 223 Å². The Kier molecular flexibility index (Phi) is 8.64. The van der Waals surface area contributed by atoms with Gasteiger partial charge < -0.3 is 19.5 Å².